The van der Waals surface area contributed by atoms with Crippen LogP contribution in [0, 0.1) is 0 Å². The van der Waals surface area contributed by atoms with Gasteiger partial charge in [-0.2, -0.15) is 0 Å². The molecule has 0 aliphatic heterocycles. The van der Waals surface area contributed by atoms with Crippen LogP contribution >= 0.6 is 0 Å². The fraction of sp³-hybridized carbons (Fsp3) is 0.0714. The van der Waals surface area contributed by atoms with Crippen LogP contribution in [0.25, 0.3) is 11.4 Å². The fourth-order valence-corrected chi connectivity index (χ4v) is 1.45. The minimum absolute atomic E-state index is 0.200. The lowest BCUT2D eigenvalue weighted by Gasteiger charge is -2.03. The summed E-state index contributed by atoms with van der Waals surface area (Å²) in [7, 11) is 0. The third-order valence-electron chi connectivity index (χ3n) is 2.35. The van der Waals surface area contributed by atoms with Gasteiger partial charge in [0.15, 0.2) is 5.82 Å². The number of carbonyl (C=O) groups is 1. The molecule has 1 N–H and O–H groups in total. The normalized spacial score (nSPS) is 9.78. The van der Waals surface area contributed by atoms with E-state index in [1.165, 1.54) is 12.4 Å². The minimum Gasteiger partial charge on any atom is -0.348 e. The second-order valence-corrected chi connectivity index (χ2v) is 3.66. The molecule has 1 amide bonds. The number of nitrogens with one attached hydrogen (secondary N) is 1. The monoisotopic (exact) mass is 239 g/mol. The molecule has 0 bridgehead atoms. The van der Waals surface area contributed by atoms with Gasteiger partial charge in [0, 0.05) is 24.5 Å². The highest BCUT2D eigenvalue weighted by Gasteiger charge is 2.06. The largest absolute Gasteiger partial charge is 0.348 e. The van der Waals surface area contributed by atoms with Crippen LogP contribution in [0.15, 0.2) is 55.4 Å². The second-order valence-electron chi connectivity index (χ2n) is 3.66. The average molecular weight is 239 g/mol. The Hall–Kier alpha value is -2.49. The Labute approximate surface area is 105 Å². The zero-order chi connectivity index (χ0) is 12.8. The van der Waals surface area contributed by atoms with Gasteiger partial charge < -0.3 is 5.32 Å². The third kappa shape index (κ3) is 2.79. The molecular weight excluding hydrogens is 226 g/mol. The van der Waals surface area contributed by atoms with Crippen LogP contribution in [0.4, 0.5) is 0 Å². The molecule has 0 saturated heterocycles. The van der Waals surface area contributed by atoms with Crippen molar-refractivity contribution in [1.29, 1.82) is 0 Å². The summed E-state index contributed by atoms with van der Waals surface area (Å²) < 4.78 is 0. The summed E-state index contributed by atoms with van der Waals surface area (Å²) in [5, 5.41) is 2.67. The second kappa shape index (κ2) is 5.72. The topological polar surface area (TPSA) is 54.9 Å². The number of hydrogen-bond acceptors (Lipinski definition) is 3. The highest BCUT2D eigenvalue weighted by atomic mass is 16.1. The lowest BCUT2D eigenvalue weighted by molar-refractivity contribution is 0.0957. The predicted molar refractivity (Wildman–Crippen MR) is 70.0 cm³/mol. The van der Waals surface area contributed by atoms with Gasteiger partial charge in [-0.3, -0.25) is 4.79 Å². The molecule has 0 saturated carbocycles. The summed E-state index contributed by atoms with van der Waals surface area (Å²) in [4.78, 5) is 20.0. The summed E-state index contributed by atoms with van der Waals surface area (Å²) in [5.74, 6) is 0.408. The number of nitrogens with zero attached hydrogens (tertiary/aromatic N) is 2. The SMILES string of the molecule is C=CCNC(=O)c1cnc(-c2ccccc2)nc1. The Morgan fingerprint density at radius 2 is 1.89 bits per heavy atom. The van der Waals surface area contributed by atoms with E-state index in [1.807, 2.05) is 30.3 Å². The number of carbonyl (C=O) groups excluding carboxylic acids is 1. The molecule has 0 radical (unpaired) electrons. The number of aromatic nitrogens is 2. The molecular formula is C14H13N3O. The van der Waals surface area contributed by atoms with Crippen LogP contribution in [0.1, 0.15) is 10.4 Å². The molecule has 0 atom stereocenters. The van der Waals surface area contributed by atoms with E-state index in [4.69, 9.17) is 0 Å². The number of benzene rings is 1. The van der Waals surface area contributed by atoms with E-state index in [2.05, 4.69) is 21.9 Å². The van der Waals surface area contributed by atoms with Crippen molar-refractivity contribution in [3.63, 3.8) is 0 Å². The lowest BCUT2D eigenvalue weighted by Crippen LogP contribution is -2.23. The highest BCUT2D eigenvalue weighted by Crippen LogP contribution is 2.12. The Morgan fingerprint density at radius 1 is 1.22 bits per heavy atom. The van der Waals surface area contributed by atoms with E-state index in [9.17, 15) is 4.79 Å². The molecule has 4 nitrogen and oxygen atoms in total. The van der Waals surface area contributed by atoms with Gasteiger partial charge in [0.25, 0.3) is 5.91 Å². The molecule has 2 aromatic rings. The van der Waals surface area contributed by atoms with Crippen molar-refractivity contribution in [3.05, 3.63) is 60.9 Å². The van der Waals surface area contributed by atoms with Crippen molar-refractivity contribution >= 4 is 5.91 Å². The van der Waals surface area contributed by atoms with Crippen LogP contribution < -0.4 is 5.32 Å². The van der Waals surface area contributed by atoms with Crippen LogP contribution in [0.3, 0.4) is 0 Å². The molecule has 0 unspecified atom stereocenters. The van der Waals surface area contributed by atoms with Crippen LogP contribution in [0.2, 0.25) is 0 Å². The Morgan fingerprint density at radius 3 is 2.50 bits per heavy atom. The van der Waals surface area contributed by atoms with Gasteiger partial charge in [-0.05, 0) is 0 Å². The number of rotatable bonds is 4. The molecule has 2 rings (SSSR count). The van der Waals surface area contributed by atoms with Gasteiger partial charge in [-0.1, -0.05) is 36.4 Å². The molecule has 0 aliphatic carbocycles. The first kappa shape index (κ1) is 12.0. The van der Waals surface area contributed by atoms with Gasteiger partial charge >= 0.3 is 0 Å². The first-order valence-corrected chi connectivity index (χ1v) is 5.58. The Balaban J connectivity index is 2.15. The van der Waals surface area contributed by atoms with Crippen molar-refractivity contribution in [1.82, 2.24) is 15.3 Å². The molecule has 4 heteroatoms. The summed E-state index contributed by atoms with van der Waals surface area (Å²) in [6.45, 7) is 3.96. The van der Waals surface area contributed by atoms with Crippen molar-refractivity contribution in [3.8, 4) is 11.4 Å². The van der Waals surface area contributed by atoms with E-state index in [0.717, 1.165) is 5.56 Å². The zero-order valence-electron chi connectivity index (χ0n) is 9.84. The first-order chi connectivity index (χ1) is 8.81. The standard InChI is InChI=1S/C14H13N3O/c1-2-8-15-14(18)12-9-16-13(17-10-12)11-6-4-3-5-7-11/h2-7,9-10H,1,8H2,(H,15,18). The molecule has 0 aliphatic rings. The van der Waals surface area contributed by atoms with E-state index in [-0.39, 0.29) is 5.91 Å². The maximum absolute atomic E-state index is 11.6. The predicted octanol–water partition coefficient (Wildman–Crippen LogP) is 2.06. The van der Waals surface area contributed by atoms with Gasteiger partial charge in [0.2, 0.25) is 0 Å². The van der Waals surface area contributed by atoms with Crippen molar-refractivity contribution in [2.45, 2.75) is 0 Å². The van der Waals surface area contributed by atoms with Crippen LogP contribution in [-0.4, -0.2) is 22.4 Å². The zero-order valence-corrected chi connectivity index (χ0v) is 9.84. The molecule has 1 heterocycles. The minimum atomic E-state index is -0.200. The Bertz CT molecular complexity index is 535. The van der Waals surface area contributed by atoms with E-state index in [0.29, 0.717) is 17.9 Å². The summed E-state index contributed by atoms with van der Waals surface area (Å²) in [6.07, 6.45) is 4.67. The maximum Gasteiger partial charge on any atom is 0.254 e. The van der Waals surface area contributed by atoms with E-state index < -0.39 is 0 Å². The van der Waals surface area contributed by atoms with Gasteiger partial charge in [0.05, 0.1) is 5.56 Å². The summed E-state index contributed by atoms with van der Waals surface area (Å²) in [5.41, 5.74) is 1.37. The maximum atomic E-state index is 11.6. The quantitative estimate of drug-likeness (QED) is 0.831. The number of amides is 1. The van der Waals surface area contributed by atoms with Crippen LogP contribution in [0.5, 0.6) is 0 Å². The van der Waals surface area contributed by atoms with Crippen molar-refractivity contribution in [2.24, 2.45) is 0 Å². The van der Waals surface area contributed by atoms with Crippen molar-refractivity contribution in [2.75, 3.05) is 6.54 Å². The molecule has 1 aromatic carbocycles. The summed E-state index contributed by atoms with van der Waals surface area (Å²) in [6, 6.07) is 9.62. The molecule has 1 aromatic heterocycles. The summed E-state index contributed by atoms with van der Waals surface area (Å²) >= 11 is 0. The first-order valence-electron chi connectivity index (χ1n) is 5.58. The molecule has 90 valence electrons. The molecule has 0 spiro atoms. The van der Waals surface area contributed by atoms with E-state index >= 15 is 0 Å². The van der Waals surface area contributed by atoms with Gasteiger partial charge in [0.1, 0.15) is 0 Å². The third-order valence-corrected chi connectivity index (χ3v) is 2.35. The Kier molecular flexibility index (Phi) is 3.81. The highest BCUT2D eigenvalue weighted by molar-refractivity contribution is 5.93. The number of hydrogen-bond donors (Lipinski definition) is 1. The van der Waals surface area contributed by atoms with Gasteiger partial charge in [-0.15, -0.1) is 6.58 Å². The average Bonchev–Trinajstić information content (AvgIpc) is 2.46. The fourth-order valence-electron chi connectivity index (χ4n) is 1.45. The smallest absolute Gasteiger partial charge is 0.254 e. The lowest BCUT2D eigenvalue weighted by atomic mass is 10.2. The van der Waals surface area contributed by atoms with Crippen LogP contribution in [-0.2, 0) is 0 Å². The molecule has 0 fully saturated rings. The van der Waals surface area contributed by atoms with E-state index in [1.54, 1.807) is 6.08 Å². The van der Waals surface area contributed by atoms with Gasteiger partial charge in [-0.25, -0.2) is 9.97 Å². The van der Waals surface area contributed by atoms with Crippen molar-refractivity contribution < 1.29 is 4.79 Å². The molecule has 18 heavy (non-hydrogen) atoms.